The lowest BCUT2D eigenvalue weighted by Crippen LogP contribution is -1.89. The van der Waals surface area contributed by atoms with Crippen molar-refractivity contribution >= 4 is 0 Å². The Morgan fingerprint density at radius 2 is 2.11 bits per heavy atom. The zero-order valence-electron chi connectivity index (χ0n) is 5.16. The first-order valence-electron chi connectivity index (χ1n) is 2.79. The maximum Gasteiger partial charge on any atom is 0.133 e. The van der Waals surface area contributed by atoms with Crippen LogP contribution >= 0.6 is 0 Å². The third kappa shape index (κ3) is 1.08. The Kier molecular flexibility index (Phi) is 1.79. The molecule has 4 heteroatoms. The van der Waals surface area contributed by atoms with Gasteiger partial charge in [0.25, 0.3) is 0 Å². The van der Waals surface area contributed by atoms with Crippen LogP contribution < -0.4 is 0 Å². The molecule has 1 N–H and O–H groups in total. The molecule has 0 radical (unpaired) electrons. The van der Waals surface area contributed by atoms with Crippen LogP contribution in [0.4, 0.5) is 0 Å². The van der Waals surface area contributed by atoms with Crippen LogP contribution in [-0.2, 0) is 13.0 Å². The SMILES string of the molecule is CCc1nonc1CO. The van der Waals surface area contributed by atoms with Gasteiger partial charge in [-0.1, -0.05) is 17.2 Å². The van der Waals surface area contributed by atoms with Gasteiger partial charge < -0.3 is 5.11 Å². The maximum atomic E-state index is 8.58. The molecular formula is C5H8N2O2. The molecule has 0 aliphatic rings. The van der Waals surface area contributed by atoms with Crippen LogP contribution in [0.3, 0.4) is 0 Å². The summed E-state index contributed by atoms with van der Waals surface area (Å²) in [7, 11) is 0. The van der Waals surface area contributed by atoms with Crippen LogP contribution in [-0.4, -0.2) is 15.4 Å². The normalized spacial score (nSPS) is 10.0. The van der Waals surface area contributed by atoms with E-state index in [9.17, 15) is 0 Å². The fraction of sp³-hybridized carbons (Fsp3) is 0.600. The first-order chi connectivity index (χ1) is 4.38. The average molecular weight is 128 g/mol. The van der Waals surface area contributed by atoms with Gasteiger partial charge in [-0.2, -0.15) is 0 Å². The van der Waals surface area contributed by atoms with E-state index in [2.05, 4.69) is 14.9 Å². The lowest BCUT2D eigenvalue weighted by molar-refractivity contribution is 0.254. The summed E-state index contributed by atoms with van der Waals surface area (Å²) in [6.45, 7) is 1.84. The lowest BCUT2D eigenvalue weighted by Gasteiger charge is -1.85. The third-order valence-corrected chi connectivity index (χ3v) is 1.12. The first-order valence-corrected chi connectivity index (χ1v) is 2.79. The molecule has 0 saturated carbocycles. The van der Waals surface area contributed by atoms with Crippen LogP contribution in [0.2, 0.25) is 0 Å². The second-order valence-corrected chi connectivity index (χ2v) is 1.67. The first kappa shape index (κ1) is 6.22. The zero-order valence-corrected chi connectivity index (χ0v) is 5.16. The Bertz CT molecular complexity index is 166. The van der Waals surface area contributed by atoms with Crippen LogP contribution in [0.1, 0.15) is 18.3 Å². The van der Waals surface area contributed by atoms with Crippen molar-refractivity contribution in [2.75, 3.05) is 0 Å². The highest BCUT2D eigenvalue weighted by Gasteiger charge is 2.04. The summed E-state index contributed by atoms with van der Waals surface area (Å²) in [5, 5.41) is 15.6. The molecule has 0 amide bonds. The van der Waals surface area contributed by atoms with E-state index in [1.165, 1.54) is 0 Å². The second kappa shape index (κ2) is 2.59. The molecule has 0 aliphatic carbocycles. The van der Waals surface area contributed by atoms with Crippen LogP contribution in [0.25, 0.3) is 0 Å². The van der Waals surface area contributed by atoms with Crippen molar-refractivity contribution in [1.29, 1.82) is 0 Å². The zero-order chi connectivity index (χ0) is 6.69. The van der Waals surface area contributed by atoms with Crippen LogP contribution in [0.15, 0.2) is 4.63 Å². The smallest absolute Gasteiger partial charge is 0.133 e. The number of aliphatic hydroxyl groups is 1. The summed E-state index contributed by atoms with van der Waals surface area (Å²) in [5.41, 5.74) is 1.27. The summed E-state index contributed by atoms with van der Waals surface area (Å²) in [5.74, 6) is 0. The highest BCUT2D eigenvalue weighted by molar-refractivity contribution is 5.04. The molecule has 50 valence electrons. The molecule has 0 aromatic carbocycles. The quantitative estimate of drug-likeness (QED) is 0.614. The molecule has 1 aromatic heterocycles. The highest BCUT2D eigenvalue weighted by atomic mass is 16.6. The van der Waals surface area contributed by atoms with Gasteiger partial charge >= 0.3 is 0 Å². The van der Waals surface area contributed by atoms with Gasteiger partial charge in [-0.25, -0.2) is 4.63 Å². The van der Waals surface area contributed by atoms with Crippen LogP contribution in [0, 0.1) is 0 Å². The fourth-order valence-corrected chi connectivity index (χ4v) is 0.613. The van der Waals surface area contributed by atoms with Gasteiger partial charge in [0.2, 0.25) is 0 Å². The molecule has 0 bridgehead atoms. The predicted octanol–water partition coefficient (Wildman–Crippen LogP) is 0.124. The van der Waals surface area contributed by atoms with Gasteiger partial charge in [-0.15, -0.1) is 0 Å². The van der Waals surface area contributed by atoms with Crippen LogP contribution in [0.5, 0.6) is 0 Å². The van der Waals surface area contributed by atoms with E-state index < -0.39 is 0 Å². The summed E-state index contributed by atoms with van der Waals surface area (Å²) >= 11 is 0. The maximum absolute atomic E-state index is 8.58. The summed E-state index contributed by atoms with van der Waals surface area (Å²) < 4.78 is 4.37. The average Bonchev–Trinajstić information content (AvgIpc) is 2.33. The molecule has 0 atom stereocenters. The number of aromatic nitrogens is 2. The molecule has 0 fully saturated rings. The lowest BCUT2D eigenvalue weighted by atomic mass is 10.3. The number of hydrogen-bond donors (Lipinski definition) is 1. The van der Waals surface area contributed by atoms with E-state index in [0.717, 1.165) is 12.1 Å². The largest absolute Gasteiger partial charge is 0.390 e. The van der Waals surface area contributed by atoms with E-state index in [1.54, 1.807) is 0 Å². The van der Waals surface area contributed by atoms with Crippen molar-refractivity contribution in [3.05, 3.63) is 11.4 Å². The number of aliphatic hydroxyl groups excluding tert-OH is 1. The molecule has 4 nitrogen and oxygen atoms in total. The van der Waals surface area contributed by atoms with E-state index in [1.807, 2.05) is 6.92 Å². The van der Waals surface area contributed by atoms with Crippen molar-refractivity contribution < 1.29 is 9.74 Å². The van der Waals surface area contributed by atoms with E-state index >= 15 is 0 Å². The predicted molar refractivity (Wildman–Crippen MR) is 29.6 cm³/mol. The van der Waals surface area contributed by atoms with Crippen molar-refractivity contribution in [1.82, 2.24) is 10.3 Å². The standard InChI is InChI=1S/C5H8N2O2/c1-2-4-5(3-8)7-9-6-4/h8H,2-3H2,1H3. The number of hydrogen-bond acceptors (Lipinski definition) is 4. The highest BCUT2D eigenvalue weighted by Crippen LogP contribution is 2.01. The molecule has 0 unspecified atom stereocenters. The molecule has 1 aromatic rings. The minimum atomic E-state index is -0.0906. The van der Waals surface area contributed by atoms with E-state index in [-0.39, 0.29) is 6.61 Å². The molecular weight excluding hydrogens is 120 g/mol. The molecule has 1 rings (SSSR count). The van der Waals surface area contributed by atoms with Crippen molar-refractivity contribution in [3.8, 4) is 0 Å². The molecule has 9 heavy (non-hydrogen) atoms. The summed E-state index contributed by atoms with van der Waals surface area (Å²) in [6, 6.07) is 0. The third-order valence-electron chi connectivity index (χ3n) is 1.12. The molecule has 0 aliphatic heterocycles. The molecule has 0 saturated heterocycles. The van der Waals surface area contributed by atoms with Crippen molar-refractivity contribution in [3.63, 3.8) is 0 Å². The van der Waals surface area contributed by atoms with Crippen molar-refractivity contribution in [2.45, 2.75) is 20.0 Å². The summed E-state index contributed by atoms with van der Waals surface area (Å²) in [6.07, 6.45) is 0.749. The van der Waals surface area contributed by atoms with Gasteiger partial charge in [0.15, 0.2) is 0 Å². The van der Waals surface area contributed by atoms with E-state index in [0.29, 0.717) is 5.69 Å². The topological polar surface area (TPSA) is 59.2 Å². The van der Waals surface area contributed by atoms with Crippen molar-refractivity contribution in [2.24, 2.45) is 0 Å². The number of aryl methyl sites for hydroxylation is 1. The minimum Gasteiger partial charge on any atom is -0.390 e. The Hall–Kier alpha value is -0.900. The minimum absolute atomic E-state index is 0.0906. The fourth-order valence-electron chi connectivity index (χ4n) is 0.613. The summed E-state index contributed by atoms with van der Waals surface area (Å²) in [4.78, 5) is 0. The van der Waals surface area contributed by atoms with E-state index in [4.69, 9.17) is 5.11 Å². The molecule has 1 heterocycles. The molecule has 0 spiro atoms. The Labute approximate surface area is 52.5 Å². The van der Waals surface area contributed by atoms with Gasteiger partial charge in [-0.3, -0.25) is 0 Å². The van der Waals surface area contributed by atoms with Gasteiger partial charge in [0.1, 0.15) is 11.4 Å². The van der Waals surface area contributed by atoms with Gasteiger partial charge in [-0.05, 0) is 6.42 Å². The number of nitrogens with zero attached hydrogens (tertiary/aromatic N) is 2. The van der Waals surface area contributed by atoms with Gasteiger partial charge in [0, 0.05) is 0 Å². The number of rotatable bonds is 2. The monoisotopic (exact) mass is 128 g/mol. The van der Waals surface area contributed by atoms with Gasteiger partial charge in [0.05, 0.1) is 6.61 Å². The second-order valence-electron chi connectivity index (χ2n) is 1.67. The Morgan fingerprint density at radius 1 is 1.44 bits per heavy atom. The Balaban J connectivity index is 2.85. The Morgan fingerprint density at radius 3 is 2.56 bits per heavy atom.